The molecule has 0 amide bonds. The summed E-state index contributed by atoms with van der Waals surface area (Å²) in [6.07, 6.45) is -3.04. The molecular formula is C28H30F5N7O2. The minimum Gasteiger partial charge on any atom is -0.472 e. The van der Waals surface area contributed by atoms with E-state index in [4.69, 9.17) is 15.5 Å². The number of anilines is 3. The van der Waals surface area contributed by atoms with Gasteiger partial charge in [0.15, 0.2) is 5.82 Å². The maximum atomic E-state index is 16.7. The Kier molecular flexibility index (Phi) is 5.85. The minimum absolute atomic E-state index is 0.0499. The first-order valence-corrected chi connectivity index (χ1v) is 14.0. The summed E-state index contributed by atoms with van der Waals surface area (Å²) in [6.45, 7) is 5.50. The maximum Gasteiger partial charge on any atom is 0.417 e. The van der Waals surface area contributed by atoms with Crippen molar-refractivity contribution in [1.29, 1.82) is 0 Å². The van der Waals surface area contributed by atoms with Gasteiger partial charge >= 0.3 is 6.18 Å². The molecule has 5 atom stereocenters. The van der Waals surface area contributed by atoms with Gasteiger partial charge in [-0.25, -0.2) is 18.7 Å². The number of aromatic nitrogens is 3. The molecule has 4 aliphatic heterocycles. The first-order chi connectivity index (χ1) is 19.8. The number of hydrogen-bond acceptors (Lipinski definition) is 9. The van der Waals surface area contributed by atoms with E-state index < -0.39 is 57.5 Å². The van der Waals surface area contributed by atoms with E-state index >= 15 is 4.39 Å². The van der Waals surface area contributed by atoms with Gasteiger partial charge < -0.3 is 30.7 Å². The van der Waals surface area contributed by atoms with Gasteiger partial charge in [-0.05, 0) is 51.7 Å². The molecule has 3 fully saturated rings. The number of alkyl halides is 3. The molecular weight excluding hydrogens is 561 g/mol. The predicted octanol–water partition coefficient (Wildman–Crippen LogP) is 3.93. The van der Waals surface area contributed by atoms with E-state index in [1.54, 1.807) is 4.90 Å². The van der Waals surface area contributed by atoms with Gasteiger partial charge in [0.25, 0.3) is 0 Å². The van der Waals surface area contributed by atoms with E-state index in [1.807, 2.05) is 13.8 Å². The van der Waals surface area contributed by atoms with Crippen molar-refractivity contribution in [2.75, 3.05) is 35.2 Å². The fraction of sp³-hybridized carbons (Fsp3) is 0.536. The molecule has 4 N–H and O–H groups in total. The van der Waals surface area contributed by atoms with Crippen LogP contribution in [0.1, 0.15) is 44.2 Å². The van der Waals surface area contributed by atoms with Crippen LogP contribution in [0.25, 0.3) is 22.2 Å². The van der Waals surface area contributed by atoms with Crippen molar-refractivity contribution in [3.8, 4) is 17.1 Å². The molecule has 2 bridgehead atoms. The maximum absolute atomic E-state index is 16.7. The number of nitrogen functional groups attached to an aromatic ring is 1. The van der Waals surface area contributed by atoms with Crippen LogP contribution in [0.2, 0.25) is 0 Å². The topological polar surface area (TPSA) is 113 Å². The number of benzene rings is 1. The fourth-order valence-corrected chi connectivity index (χ4v) is 7.08. The summed E-state index contributed by atoms with van der Waals surface area (Å²) in [5.74, 6) is -1.94. The molecule has 224 valence electrons. The van der Waals surface area contributed by atoms with Crippen molar-refractivity contribution in [3.05, 3.63) is 28.8 Å². The zero-order chi connectivity index (χ0) is 29.9. The van der Waals surface area contributed by atoms with Crippen LogP contribution in [0.3, 0.4) is 0 Å². The SMILES string of the molecule is Cc1c(F)c(N)cc(-c2nc3c4c(nc(N5CCC5(C)CO)nc4c2F)N2C[C@H]4CC[C@H](N4)[C@H]2[C@H](C)O3)c1C(F)(F)F. The number of aliphatic hydroxyl groups excluding tert-OH is 1. The second-order valence-electron chi connectivity index (χ2n) is 12.0. The summed E-state index contributed by atoms with van der Waals surface area (Å²) in [6, 6.07) is 0.763. The van der Waals surface area contributed by atoms with Crippen LogP contribution in [0, 0.1) is 18.6 Å². The number of pyridine rings is 1. The largest absolute Gasteiger partial charge is 0.472 e. The van der Waals surface area contributed by atoms with Crippen molar-refractivity contribution in [1.82, 2.24) is 20.3 Å². The van der Waals surface area contributed by atoms with E-state index in [2.05, 4.69) is 20.2 Å². The number of aliphatic hydroxyl groups is 1. The smallest absolute Gasteiger partial charge is 0.417 e. The molecule has 7 rings (SSSR count). The Morgan fingerprint density at radius 3 is 2.62 bits per heavy atom. The highest BCUT2D eigenvalue weighted by atomic mass is 19.4. The number of fused-ring (bicyclic) bond motifs is 5. The summed E-state index contributed by atoms with van der Waals surface area (Å²) in [4.78, 5) is 17.6. The number of nitrogens with one attached hydrogen (secondary N) is 1. The van der Waals surface area contributed by atoms with Gasteiger partial charge in [-0.1, -0.05) is 0 Å². The number of ether oxygens (including phenoxy) is 1. The van der Waals surface area contributed by atoms with Gasteiger partial charge in [0.05, 0.1) is 29.4 Å². The second-order valence-corrected chi connectivity index (χ2v) is 12.0. The zero-order valence-electron chi connectivity index (χ0n) is 23.2. The number of nitrogens with two attached hydrogens (primary N) is 1. The highest BCUT2D eigenvalue weighted by molar-refractivity contribution is 5.98. The molecule has 3 saturated heterocycles. The highest BCUT2D eigenvalue weighted by Gasteiger charge is 2.48. The lowest BCUT2D eigenvalue weighted by Gasteiger charge is -2.50. The molecule has 9 nitrogen and oxygen atoms in total. The molecule has 6 heterocycles. The Morgan fingerprint density at radius 1 is 1.19 bits per heavy atom. The number of halogens is 5. The highest BCUT2D eigenvalue weighted by Crippen LogP contribution is 2.48. The van der Waals surface area contributed by atoms with E-state index in [0.717, 1.165) is 25.8 Å². The average Bonchev–Trinajstić information content (AvgIpc) is 3.25. The lowest BCUT2D eigenvalue weighted by molar-refractivity contribution is -0.137. The molecule has 0 saturated carbocycles. The normalized spacial score (nSPS) is 28.4. The van der Waals surface area contributed by atoms with Gasteiger partial charge in [-0.2, -0.15) is 18.2 Å². The molecule has 14 heteroatoms. The van der Waals surface area contributed by atoms with Crippen LogP contribution >= 0.6 is 0 Å². The monoisotopic (exact) mass is 591 g/mol. The van der Waals surface area contributed by atoms with E-state index in [9.17, 15) is 22.7 Å². The number of piperazine rings is 1. The van der Waals surface area contributed by atoms with Crippen LogP contribution in [-0.2, 0) is 6.18 Å². The lowest BCUT2D eigenvalue weighted by atomic mass is 9.88. The first kappa shape index (κ1) is 27.3. The third-order valence-electron chi connectivity index (χ3n) is 9.41. The molecule has 0 spiro atoms. The van der Waals surface area contributed by atoms with Crippen molar-refractivity contribution >= 4 is 28.4 Å². The third-order valence-corrected chi connectivity index (χ3v) is 9.41. The van der Waals surface area contributed by atoms with Crippen LogP contribution < -0.4 is 25.6 Å². The summed E-state index contributed by atoms with van der Waals surface area (Å²) >= 11 is 0. The minimum atomic E-state index is -5.03. The van der Waals surface area contributed by atoms with Crippen molar-refractivity contribution in [3.63, 3.8) is 0 Å². The number of nitrogens with zero attached hydrogens (tertiary/aromatic N) is 5. The summed E-state index contributed by atoms with van der Waals surface area (Å²) in [5.41, 5.74) is 0.673. The van der Waals surface area contributed by atoms with Crippen LogP contribution in [0.5, 0.6) is 5.88 Å². The Balaban J connectivity index is 1.54. The predicted molar refractivity (Wildman–Crippen MR) is 145 cm³/mol. The molecule has 3 aromatic rings. The van der Waals surface area contributed by atoms with Crippen molar-refractivity contribution < 1.29 is 31.8 Å². The molecule has 1 aromatic carbocycles. The van der Waals surface area contributed by atoms with E-state index in [-0.39, 0.29) is 47.5 Å². The Bertz CT molecular complexity index is 1630. The quantitative estimate of drug-likeness (QED) is 0.308. The number of hydrogen-bond donors (Lipinski definition) is 3. The van der Waals surface area contributed by atoms with Crippen LogP contribution in [-0.4, -0.2) is 69.5 Å². The molecule has 0 aliphatic carbocycles. The molecule has 0 radical (unpaired) electrons. The summed E-state index contributed by atoms with van der Waals surface area (Å²) in [5, 5.41) is 13.8. The first-order valence-electron chi connectivity index (χ1n) is 14.0. The fourth-order valence-electron chi connectivity index (χ4n) is 7.08. The van der Waals surface area contributed by atoms with E-state index in [1.165, 1.54) is 0 Å². The summed E-state index contributed by atoms with van der Waals surface area (Å²) < 4.78 is 80.5. The van der Waals surface area contributed by atoms with Crippen molar-refractivity contribution in [2.45, 2.75) is 76.0 Å². The molecule has 2 aromatic heterocycles. The molecule has 4 aliphatic rings. The molecule has 42 heavy (non-hydrogen) atoms. The average molecular weight is 592 g/mol. The Hall–Kier alpha value is -3.52. The van der Waals surface area contributed by atoms with Gasteiger partial charge in [0.1, 0.15) is 34.3 Å². The van der Waals surface area contributed by atoms with Gasteiger partial charge in [-0.3, -0.25) is 0 Å². The summed E-state index contributed by atoms with van der Waals surface area (Å²) in [7, 11) is 0. The molecule has 1 unspecified atom stereocenters. The van der Waals surface area contributed by atoms with Crippen LogP contribution in [0.4, 0.5) is 39.4 Å². The Labute approximate surface area is 237 Å². The van der Waals surface area contributed by atoms with Crippen LogP contribution in [0.15, 0.2) is 6.07 Å². The Morgan fingerprint density at radius 2 is 1.95 bits per heavy atom. The van der Waals surface area contributed by atoms with Gasteiger partial charge in [0, 0.05) is 30.7 Å². The zero-order valence-corrected chi connectivity index (χ0v) is 23.2. The second kappa shape index (κ2) is 8.99. The lowest BCUT2D eigenvalue weighted by Crippen LogP contribution is -2.63. The van der Waals surface area contributed by atoms with E-state index in [0.29, 0.717) is 25.3 Å². The third kappa shape index (κ3) is 3.76. The number of rotatable bonds is 3. The van der Waals surface area contributed by atoms with Gasteiger partial charge in [0.2, 0.25) is 11.8 Å². The van der Waals surface area contributed by atoms with Crippen molar-refractivity contribution in [2.24, 2.45) is 0 Å². The van der Waals surface area contributed by atoms with Gasteiger partial charge in [-0.15, -0.1) is 0 Å². The standard InChI is InChI=1S/C28H30F5N7O2/c1-11-18(28(31,32)33)14(8-15(34)19(11)29)21-20(30)22-17-24(38-26(37-22)40-7-6-27(40,3)10-41)39-9-13-4-5-16(35-13)23(39)12(2)42-25(17)36-21/h8,12-13,16,23,35,41H,4-7,9-10,34H2,1-3H3/t12-,13+,16-,23+,27?/m0/s1.